The van der Waals surface area contributed by atoms with E-state index in [-0.39, 0.29) is 11.9 Å². The normalized spacial score (nSPS) is 19.1. The van der Waals surface area contributed by atoms with E-state index >= 15 is 0 Å². The minimum absolute atomic E-state index is 0.128. The van der Waals surface area contributed by atoms with Gasteiger partial charge in [-0.05, 0) is 10.9 Å². The van der Waals surface area contributed by atoms with Crippen LogP contribution in [-0.4, -0.2) is 23.5 Å². The molecular weight excluding hydrogens is 226 g/mol. The maximum Gasteiger partial charge on any atom is 0.221 e. The van der Waals surface area contributed by atoms with Crippen molar-refractivity contribution in [2.24, 2.45) is 0 Å². The monoisotopic (exact) mass is 241 g/mol. The number of pyridine rings is 1. The lowest BCUT2D eigenvalue weighted by atomic mass is 10.1. The number of rotatable bonds is 3. The van der Waals surface area contributed by atoms with Crippen LogP contribution in [-0.2, 0) is 11.3 Å². The molecule has 4 nitrogen and oxygen atoms in total. The van der Waals surface area contributed by atoms with E-state index in [4.69, 9.17) is 0 Å². The molecule has 2 N–H and O–H groups in total. The average molecular weight is 241 g/mol. The predicted molar refractivity (Wildman–Crippen MR) is 70.0 cm³/mol. The lowest BCUT2D eigenvalue weighted by Crippen LogP contribution is -2.30. The minimum atomic E-state index is 0.128. The number of hydrogen-bond acceptors (Lipinski definition) is 3. The number of hydrogen-bond donors (Lipinski definition) is 2. The zero-order chi connectivity index (χ0) is 12.4. The van der Waals surface area contributed by atoms with Crippen molar-refractivity contribution < 1.29 is 4.79 Å². The number of amides is 1. The van der Waals surface area contributed by atoms with E-state index in [2.05, 4.69) is 27.8 Å². The van der Waals surface area contributed by atoms with Gasteiger partial charge in [0, 0.05) is 43.3 Å². The van der Waals surface area contributed by atoms with Crippen LogP contribution in [0.3, 0.4) is 0 Å². The molecular formula is C14H15N3O. The number of nitrogens with zero attached hydrogens (tertiary/aromatic N) is 1. The number of carbonyl (C=O) groups is 1. The topological polar surface area (TPSA) is 54.0 Å². The van der Waals surface area contributed by atoms with E-state index in [0.29, 0.717) is 6.42 Å². The lowest BCUT2D eigenvalue weighted by Gasteiger charge is -2.11. The van der Waals surface area contributed by atoms with Crippen LogP contribution in [0.15, 0.2) is 36.7 Å². The maximum absolute atomic E-state index is 11.1. The molecule has 0 aliphatic carbocycles. The summed E-state index contributed by atoms with van der Waals surface area (Å²) < 4.78 is 0. The van der Waals surface area contributed by atoms with E-state index in [0.717, 1.165) is 18.5 Å². The molecule has 2 aromatic rings. The van der Waals surface area contributed by atoms with Crippen LogP contribution in [0.4, 0.5) is 0 Å². The first-order valence-corrected chi connectivity index (χ1v) is 6.14. The van der Waals surface area contributed by atoms with Gasteiger partial charge in [0.1, 0.15) is 0 Å². The summed E-state index contributed by atoms with van der Waals surface area (Å²) in [4.78, 5) is 15.4. The Bertz CT molecular complexity index is 577. The van der Waals surface area contributed by atoms with Gasteiger partial charge in [-0.25, -0.2) is 0 Å². The molecule has 0 radical (unpaired) electrons. The van der Waals surface area contributed by atoms with Crippen LogP contribution in [0.25, 0.3) is 10.8 Å². The van der Waals surface area contributed by atoms with Crippen molar-refractivity contribution >= 4 is 16.7 Å². The van der Waals surface area contributed by atoms with E-state index in [1.165, 1.54) is 10.9 Å². The summed E-state index contributed by atoms with van der Waals surface area (Å²) in [5.41, 5.74) is 1.17. The lowest BCUT2D eigenvalue weighted by molar-refractivity contribution is -0.119. The molecule has 18 heavy (non-hydrogen) atoms. The second-order valence-electron chi connectivity index (χ2n) is 4.61. The van der Waals surface area contributed by atoms with Crippen molar-refractivity contribution in [3.8, 4) is 0 Å². The Morgan fingerprint density at radius 1 is 1.33 bits per heavy atom. The second-order valence-corrected chi connectivity index (χ2v) is 4.61. The molecule has 92 valence electrons. The van der Waals surface area contributed by atoms with Gasteiger partial charge in [0.05, 0.1) is 0 Å². The van der Waals surface area contributed by atoms with Crippen LogP contribution < -0.4 is 10.6 Å². The molecule has 1 saturated heterocycles. The summed E-state index contributed by atoms with van der Waals surface area (Å²) in [5, 5.41) is 8.59. The number of carbonyl (C=O) groups excluding carboxylic acids is 1. The zero-order valence-corrected chi connectivity index (χ0v) is 10.0. The van der Waals surface area contributed by atoms with E-state index < -0.39 is 0 Å². The Morgan fingerprint density at radius 3 is 3.06 bits per heavy atom. The number of benzene rings is 1. The standard InChI is InChI=1S/C14H15N3O/c18-14-5-12(9-17-14)16-8-11-7-15-6-10-3-1-2-4-13(10)11/h1-4,6-7,12,16H,5,8-9H2,(H,17,18). The molecule has 1 amide bonds. The fraction of sp³-hybridized carbons (Fsp3) is 0.286. The largest absolute Gasteiger partial charge is 0.354 e. The predicted octanol–water partition coefficient (Wildman–Crippen LogP) is 1.21. The molecule has 1 aliphatic rings. The van der Waals surface area contributed by atoms with Gasteiger partial charge >= 0.3 is 0 Å². The SMILES string of the molecule is O=C1CC(NCc2cncc3ccccc23)CN1. The van der Waals surface area contributed by atoms with Crippen LogP contribution >= 0.6 is 0 Å². The molecule has 1 aromatic carbocycles. The van der Waals surface area contributed by atoms with E-state index in [9.17, 15) is 4.79 Å². The Hall–Kier alpha value is -1.94. The molecule has 1 unspecified atom stereocenters. The summed E-state index contributed by atoms with van der Waals surface area (Å²) in [7, 11) is 0. The Morgan fingerprint density at radius 2 is 2.22 bits per heavy atom. The highest BCUT2D eigenvalue weighted by Gasteiger charge is 2.20. The van der Waals surface area contributed by atoms with Crippen molar-refractivity contribution in [3.63, 3.8) is 0 Å². The van der Waals surface area contributed by atoms with Crippen LogP contribution in [0, 0.1) is 0 Å². The first-order chi connectivity index (χ1) is 8.83. The molecule has 0 saturated carbocycles. The van der Waals surface area contributed by atoms with Crippen molar-refractivity contribution in [1.29, 1.82) is 0 Å². The molecule has 1 aromatic heterocycles. The Labute approximate surface area is 105 Å². The second kappa shape index (κ2) is 4.74. The zero-order valence-electron chi connectivity index (χ0n) is 10.0. The van der Waals surface area contributed by atoms with Crippen molar-refractivity contribution in [2.75, 3.05) is 6.54 Å². The fourth-order valence-electron chi connectivity index (χ4n) is 2.32. The third-order valence-electron chi connectivity index (χ3n) is 3.31. The van der Waals surface area contributed by atoms with Crippen molar-refractivity contribution in [1.82, 2.24) is 15.6 Å². The molecule has 2 heterocycles. The van der Waals surface area contributed by atoms with Gasteiger partial charge in [-0.15, -0.1) is 0 Å². The molecule has 1 fully saturated rings. The molecule has 1 aliphatic heterocycles. The number of aromatic nitrogens is 1. The summed E-state index contributed by atoms with van der Waals surface area (Å²) in [6, 6.07) is 8.45. The highest BCUT2D eigenvalue weighted by molar-refractivity contribution is 5.84. The molecule has 0 bridgehead atoms. The third kappa shape index (κ3) is 2.19. The number of nitrogens with one attached hydrogen (secondary N) is 2. The van der Waals surface area contributed by atoms with Crippen molar-refractivity contribution in [3.05, 3.63) is 42.2 Å². The summed E-state index contributed by atoms with van der Waals surface area (Å²) in [6.07, 6.45) is 4.33. The summed E-state index contributed by atoms with van der Waals surface area (Å²) in [5.74, 6) is 0.128. The summed E-state index contributed by atoms with van der Waals surface area (Å²) in [6.45, 7) is 1.46. The van der Waals surface area contributed by atoms with E-state index in [1.807, 2.05) is 24.5 Å². The Kier molecular flexibility index (Phi) is 2.94. The Balaban J connectivity index is 1.76. The first kappa shape index (κ1) is 11.2. The maximum atomic E-state index is 11.1. The van der Waals surface area contributed by atoms with Crippen LogP contribution in [0.1, 0.15) is 12.0 Å². The quantitative estimate of drug-likeness (QED) is 0.849. The number of fused-ring (bicyclic) bond motifs is 1. The molecule has 4 heteroatoms. The van der Waals surface area contributed by atoms with Crippen LogP contribution in [0.5, 0.6) is 0 Å². The van der Waals surface area contributed by atoms with Gasteiger partial charge in [0.2, 0.25) is 5.91 Å². The average Bonchev–Trinajstić information content (AvgIpc) is 2.82. The van der Waals surface area contributed by atoms with Gasteiger partial charge in [-0.2, -0.15) is 0 Å². The van der Waals surface area contributed by atoms with Gasteiger partial charge in [0.15, 0.2) is 0 Å². The third-order valence-corrected chi connectivity index (χ3v) is 3.31. The summed E-state index contributed by atoms with van der Waals surface area (Å²) >= 11 is 0. The van der Waals surface area contributed by atoms with Crippen LogP contribution in [0.2, 0.25) is 0 Å². The molecule has 3 rings (SSSR count). The smallest absolute Gasteiger partial charge is 0.221 e. The van der Waals surface area contributed by atoms with Gasteiger partial charge in [-0.1, -0.05) is 24.3 Å². The van der Waals surface area contributed by atoms with E-state index in [1.54, 1.807) is 0 Å². The highest BCUT2D eigenvalue weighted by Crippen LogP contribution is 2.17. The minimum Gasteiger partial charge on any atom is -0.354 e. The van der Waals surface area contributed by atoms with Gasteiger partial charge in [-0.3, -0.25) is 9.78 Å². The fourth-order valence-corrected chi connectivity index (χ4v) is 2.32. The molecule has 1 atom stereocenters. The van der Waals surface area contributed by atoms with Crippen molar-refractivity contribution in [2.45, 2.75) is 19.0 Å². The highest BCUT2D eigenvalue weighted by atomic mass is 16.1. The van der Waals surface area contributed by atoms with Gasteiger partial charge < -0.3 is 10.6 Å². The first-order valence-electron chi connectivity index (χ1n) is 6.14. The van der Waals surface area contributed by atoms with Gasteiger partial charge in [0.25, 0.3) is 0 Å². The molecule has 0 spiro atoms.